The zero-order valence-corrected chi connectivity index (χ0v) is 10.3. The van der Waals surface area contributed by atoms with E-state index in [-0.39, 0.29) is 10.7 Å². The summed E-state index contributed by atoms with van der Waals surface area (Å²) in [6, 6.07) is 4.91. The molecule has 0 saturated heterocycles. The van der Waals surface area contributed by atoms with Gasteiger partial charge in [0, 0.05) is 0 Å². The van der Waals surface area contributed by atoms with Crippen molar-refractivity contribution in [2.45, 2.75) is 0 Å². The van der Waals surface area contributed by atoms with Crippen LogP contribution >= 0.6 is 23.2 Å². The Morgan fingerprint density at radius 3 is 2.67 bits per heavy atom. The summed E-state index contributed by atoms with van der Waals surface area (Å²) < 4.78 is 0. The Morgan fingerprint density at radius 2 is 2.06 bits per heavy atom. The van der Waals surface area contributed by atoms with Crippen molar-refractivity contribution in [1.29, 1.82) is 0 Å². The lowest BCUT2D eigenvalue weighted by Gasteiger charge is -2.03. The maximum atomic E-state index is 11.2. The lowest BCUT2D eigenvalue weighted by molar-refractivity contribution is -0.116. The van der Waals surface area contributed by atoms with Crippen LogP contribution in [0.2, 0.25) is 10.0 Å². The van der Waals surface area contributed by atoms with Crippen LogP contribution in [0.3, 0.4) is 0 Å². The van der Waals surface area contributed by atoms with Gasteiger partial charge in [0.05, 0.1) is 15.7 Å². The van der Waals surface area contributed by atoms with Crippen molar-refractivity contribution in [2.75, 3.05) is 0 Å². The number of aliphatic hydroxyl groups is 1. The molecular weight excluding hydrogens is 279 g/mol. The molecule has 0 fully saturated rings. The van der Waals surface area contributed by atoms with Crippen LogP contribution in [0.5, 0.6) is 0 Å². The van der Waals surface area contributed by atoms with Crippen LogP contribution in [0.15, 0.2) is 40.5 Å². The smallest absolute Gasteiger partial charge is 0.281 e. The zero-order chi connectivity index (χ0) is 13.3. The molecule has 2 N–H and O–H groups in total. The minimum absolute atomic E-state index is 0.0544. The zero-order valence-electron chi connectivity index (χ0n) is 8.78. The van der Waals surface area contributed by atoms with Crippen LogP contribution in [-0.4, -0.2) is 11.0 Å². The van der Waals surface area contributed by atoms with E-state index in [1.807, 2.05) is 0 Å². The minimum Gasteiger partial charge on any atom is -0.504 e. The number of nitrogens with one attached hydrogen (secondary N) is 1. The number of rotatable bonds is 2. The predicted molar refractivity (Wildman–Crippen MR) is 68.0 cm³/mol. The molecule has 0 saturated carbocycles. The molecule has 0 aromatic heterocycles. The number of nitrogens with zero attached hydrogens (tertiary/aromatic N) is 1. The average molecular weight is 285 g/mol. The van der Waals surface area contributed by atoms with Crippen molar-refractivity contribution < 1.29 is 9.90 Å². The second-order valence-electron chi connectivity index (χ2n) is 3.44. The fourth-order valence-corrected chi connectivity index (χ4v) is 1.81. The maximum Gasteiger partial charge on any atom is 0.281 e. The summed E-state index contributed by atoms with van der Waals surface area (Å²) in [7, 11) is 0. The lowest BCUT2D eigenvalue weighted by atomic mass is 10.2. The Labute approximate surface area is 112 Å². The fourth-order valence-electron chi connectivity index (χ4n) is 1.45. The molecule has 7 heteroatoms. The monoisotopic (exact) mass is 284 g/mol. The Bertz CT molecular complexity index is 608. The molecule has 1 heterocycles. The first-order valence-electron chi connectivity index (χ1n) is 4.78. The highest BCUT2D eigenvalue weighted by Crippen LogP contribution is 2.29. The standard InChI is InChI=1S/C11H6Cl2N2O3/c12-6-3-1-2-5(8(6)13)4-7-10(16)9(15-18)11(17)14-7/h1-4,16H,(H,14,17)/b7-4-. The van der Waals surface area contributed by atoms with Crippen LogP contribution < -0.4 is 5.32 Å². The van der Waals surface area contributed by atoms with Crippen LogP contribution in [-0.2, 0) is 4.79 Å². The second-order valence-corrected chi connectivity index (χ2v) is 4.23. The number of carbonyl (C=O) groups excluding carboxylic acids is 1. The van der Waals surface area contributed by atoms with Gasteiger partial charge >= 0.3 is 0 Å². The number of halogens is 2. The lowest BCUT2D eigenvalue weighted by Crippen LogP contribution is -2.15. The summed E-state index contributed by atoms with van der Waals surface area (Å²) in [6.45, 7) is 0. The van der Waals surface area contributed by atoms with Gasteiger partial charge < -0.3 is 10.4 Å². The maximum absolute atomic E-state index is 11.2. The third-order valence-electron chi connectivity index (χ3n) is 2.32. The normalized spacial score (nSPS) is 17.2. The Hall–Kier alpha value is -1.85. The summed E-state index contributed by atoms with van der Waals surface area (Å²) in [5.74, 6) is -1.27. The third-order valence-corrected chi connectivity index (χ3v) is 3.15. The number of hydrogen-bond donors (Lipinski definition) is 2. The van der Waals surface area contributed by atoms with E-state index >= 15 is 0 Å². The van der Waals surface area contributed by atoms with Gasteiger partial charge in [0.2, 0.25) is 5.70 Å². The van der Waals surface area contributed by atoms with Gasteiger partial charge in [0.1, 0.15) is 0 Å². The van der Waals surface area contributed by atoms with E-state index in [2.05, 4.69) is 10.5 Å². The number of aliphatic hydroxyl groups excluding tert-OH is 1. The fraction of sp³-hybridized carbons (Fsp3) is 0. The molecule has 0 spiro atoms. The van der Waals surface area contributed by atoms with E-state index in [9.17, 15) is 14.8 Å². The summed E-state index contributed by atoms with van der Waals surface area (Å²) in [5.41, 5.74) is -0.00340. The van der Waals surface area contributed by atoms with Crippen LogP contribution in [0.1, 0.15) is 5.56 Å². The molecule has 0 radical (unpaired) electrons. The highest BCUT2D eigenvalue weighted by atomic mass is 35.5. The minimum atomic E-state index is -0.757. The van der Waals surface area contributed by atoms with Gasteiger partial charge in [-0.25, -0.2) is 0 Å². The first-order valence-corrected chi connectivity index (χ1v) is 5.54. The number of benzene rings is 1. The Kier molecular flexibility index (Phi) is 3.36. The molecule has 1 aromatic carbocycles. The van der Waals surface area contributed by atoms with Gasteiger partial charge in [0.25, 0.3) is 5.91 Å². The Morgan fingerprint density at radius 1 is 1.33 bits per heavy atom. The summed E-state index contributed by atoms with van der Waals surface area (Å²) in [6.07, 6.45) is 1.40. The van der Waals surface area contributed by atoms with E-state index < -0.39 is 17.4 Å². The van der Waals surface area contributed by atoms with Crippen molar-refractivity contribution in [2.24, 2.45) is 5.18 Å². The van der Waals surface area contributed by atoms with E-state index in [4.69, 9.17) is 23.2 Å². The molecule has 1 aliphatic rings. The number of amides is 1. The number of carbonyl (C=O) groups is 1. The number of hydrogen-bond acceptors (Lipinski definition) is 4. The molecule has 1 amide bonds. The number of nitroso groups, excluding NO2 is 1. The van der Waals surface area contributed by atoms with Gasteiger partial charge in [-0.2, -0.15) is 0 Å². The molecular formula is C11H6Cl2N2O3. The SMILES string of the molecule is O=NC1=C(O)/C(=C/c2cccc(Cl)c2Cl)NC1=O. The van der Waals surface area contributed by atoms with Gasteiger partial charge in [-0.3, -0.25) is 4.79 Å². The first-order chi connectivity index (χ1) is 8.54. The summed E-state index contributed by atoms with van der Waals surface area (Å²) in [5, 5.41) is 15.0. The van der Waals surface area contributed by atoms with E-state index in [0.29, 0.717) is 10.6 Å². The average Bonchev–Trinajstić information content (AvgIpc) is 2.60. The summed E-state index contributed by atoms with van der Waals surface area (Å²) >= 11 is 11.8. The first kappa shape index (κ1) is 12.6. The molecule has 1 aromatic rings. The molecule has 5 nitrogen and oxygen atoms in total. The molecule has 0 unspecified atom stereocenters. The van der Waals surface area contributed by atoms with Crippen LogP contribution in [0.25, 0.3) is 6.08 Å². The predicted octanol–water partition coefficient (Wildman–Crippen LogP) is 3.00. The van der Waals surface area contributed by atoms with Crippen molar-refractivity contribution in [3.8, 4) is 0 Å². The van der Waals surface area contributed by atoms with Crippen LogP contribution in [0.4, 0.5) is 0 Å². The van der Waals surface area contributed by atoms with Gasteiger partial charge in [-0.15, -0.1) is 4.91 Å². The topological polar surface area (TPSA) is 78.8 Å². The third kappa shape index (κ3) is 2.10. The van der Waals surface area contributed by atoms with Gasteiger partial charge in [0.15, 0.2) is 5.76 Å². The molecule has 0 bridgehead atoms. The van der Waals surface area contributed by atoms with Crippen molar-refractivity contribution in [3.63, 3.8) is 0 Å². The molecule has 1 aliphatic heterocycles. The quantitative estimate of drug-likeness (QED) is 0.820. The molecule has 0 atom stereocenters. The van der Waals surface area contributed by atoms with E-state index in [1.165, 1.54) is 6.08 Å². The van der Waals surface area contributed by atoms with Crippen molar-refractivity contribution in [3.05, 3.63) is 55.9 Å². The largest absolute Gasteiger partial charge is 0.504 e. The van der Waals surface area contributed by atoms with Gasteiger partial charge in [-0.1, -0.05) is 35.3 Å². The molecule has 0 aliphatic carbocycles. The van der Waals surface area contributed by atoms with E-state index in [0.717, 1.165) is 0 Å². The van der Waals surface area contributed by atoms with Gasteiger partial charge in [-0.05, 0) is 22.9 Å². The summed E-state index contributed by atoms with van der Waals surface area (Å²) in [4.78, 5) is 21.6. The van der Waals surface area contributed by atoms with Crippen LogP contribution in [0, 0.1) is 4.91 Å². The van der Waals surface area contributed by atoms with Crippen molar-refractivity contribution in [1.82, 2.24) is 5.32 Å². The van der Waals surface area contributed by atoms with E-state index in [1.54, 1.807) is 18.2 Å². The highest BCUT2D eigenvalue weighted by Gasteiger charge is 2.28. The Balaban J connectivity index is 2.48. The molecule has 92 valence electrons. The molecule has 18 heavy (non-hydrogen) atoms. The molecule has 2 rings (SSSR count). The highest BCUT2D eigenvalue weighted by molar-refractivity contribution is 6.42. The second kappa shape index (κ2) is 4.80. The van der Waals surface area contributed by atoms with Crippen molar-refractivity contribution >= 4 is 35.2 Å².